The molecule has 0 aliphatic rings. The van der Waals surface area contributed by atoms with Crippen molar-refractivity contribution in [2.45, 2.75) is 25.9 Å². The number of aliphatic hydroxyl groups is 1. The molecule has 0 amide bonds. The third-order valence-electron chi connectivity index (χ3n) is 3.21. The molecule has 1 aromatic carbocycles. The smallest absolute Gasteiger partial charge is 0.123 e. The van der Waals surface area contributed by atoms with E-state index in [4.69, 9.17) is 21.4 Å². The van der Waals surface area contributed by atoms with Gasteiger partial charge in [-0.2, -0.15) is 0 Å². The Morgan fingerprint density at radius 2 is 2.10 bits per heavy atom. The molecule has 0 saturated carbocycles. The Labute approximate surface area is 134 Å². The minimum absolute atomic E-state index is 0.0209. The van der Waals surface area contributed by atoms with Crippen LogP contribution in [0.4, 0.5) is 0 Å². The Bertz CT molecular complexity index is 559. The summed E-state index contributed by atoms with van der Waals surface area (Å²) in [5.41, 5.74) is 1.09. The average molecular weight is 326 g/mol. The highest BCUT2D eigenvalue weighted by atomic mass is 35.5. The molecule has 21 heavy (non-hydrogen) atoms. The van der Waals surface area contributed by atoms with E-state index in [1.54, 1.807) is 11.3 Å². The van der Waals surface area contributed by atoms with Crippen molar-refractivity contribution in [3.8, 4) is 5.75 Å². The zero-order valence-corrected chi connectivity index (χ0v) is 13.6. The van der Waals surface area contributed by atoms with E-state index in [0.29, 0.717) is 6.61 Å². The first kappa shape index (κ1) is 16.3. The second-order valence-corrected chi connectivity index (χ2v) is 6.41. The highest BCUT2D eigenvalue weighted by Crippen LogP contribution is 2.29. The first-order valence-electron chi connectivity index (χ1n) is 7.04. The van der Waals surface area contributed by atoms with Gasteiger partial charge >= 0.3 is 0 Å². The van der Waals surface area contributed by atoms with E-state index in [0.717, 1.165) is 28.6 Å². The highest BCUT2D eigenvalue weighted by molar-refractivity contribution is 7.16. The highest BCUT2D eigenvalue weighted by Gasteiger charge is 2.12. The van der Waals surface area contributed by atoms with E-state index in [1.807, 2.05) is 30.3 Å². The van der Waals surface area contributed by atoms with Gasteiger partial charge in [0.1, 0.15) is 12.4 Å². The molecular weight excluding hydrogens is 306 g/mol. The summed E-state index contributed by atoms with van der Waals surface area (Å²) in [6.07, 6.45) is 0.997. The lowest BCUT2D eigenvalue weighted by atomic mass is 10.1. The number of nitrogens with one attached hydrogen (secondary N) is 1. The monoisotopic (exact) mass is 325 g/mol. The van der Waals surface area contributed by atoms with Crippen LogP contribution in [-0.4, -0.2) is 18.3 Å². The number of para-hydroxylation sites is 1. The largest absolute Gasteiger partial charge is 0.491 e. The van der Waals surface area contributed by atoms with Gasteiger partial charge in [0.2, 0.25) is 0 Å². The van der Waals surface area contributed by atoms with Gasteiger partial charge in [-0.1, -0.05) is 36.7 Å². The first-order chi connectivity index (χ1) is 10.2. The maximum Gasteiger partial charge on any atom is 0.123 e. The lowest BCUT2D eigenvalue weighted by molar-refractivity contribution is 0.200. The van der Waals surface area contributed by atoms with E-state index in [1.165, 1.54) is 4.88 Å². The van der Waals surface area contributed by atoms with Crippen LogP contribution < -0.4 is 10.1 Å². The van der Waals surface area contributed by atoms with Crippen LogP contribution in [-0.2, 0) is 6.54 Å². The standard InChI is InChI=1S/C16H20ClNO2S/c1-2-13(15-7-8-16(17)21-15)18-11-12-5-3-4-6-14(12)20-10-9-19/h3-8,13,18-19H,2,9-11H2,1H3. The Hall–Kier alpha value is -1.07. The Morgan fingerprint density at radius 3 is 2.76 bits per heavy atom. The molecule has 2 rings (SSSR count). The third-order valence-corrected chi connectivity index (χ3v) is 4.55. The van der Waals surface area contributed by atoms with Gasteiger partial charge < -0.3 is 15.2 Å². The molecule has 2 aromatic rings. The molecule has 3 nitrogen and oxygen atoms in total. The summed E-state index contributed by atoms with van der Waals surface area (Å²) in [5, 5.41) is 12.4. The van der Waals surface area contributed by atoms with Gasteiger partial charge in [-0.05, 0) is 24.6 Å². The van der Waals surface area contributed by atoms with Crippen molar-refractivity contribution < 1.29 is 9.84 Å². The van der Waals surface area contributed by atoms with Crippen molar-refractivity contribution in [1.29, 1.82) is 0 Å². The van der Waals surface area contributed by atoms with Crippen LogP contribution in [0.5, 0.6) is 5.75 Å². The van der Waals surface area contributed by atoms with Crippen molar-refractivity contribution in [2.24, 2.45) is 0 Å². The molecule has 5 heteroatoms. The molecule has 1 atom stereocenters. The van der Waals surface area contributed by atoms with E-state index in [9.17, 15) is 0 Å². The number of ether oxygens (including phenoxy) is 1. The number of hydrogen-bond acceptors (Lipinski definition) is 4. The van der Waals surface area contributed by atoms with Crippen molar-refractivity contribution in [3.05, 3.63) is 51.2 Å². The average Bonchev–Trinajstić information content (AvgIpc) is 2.93. The van der Waals surface area contributed by atoms with Gasteiger partial charge in [0.05, 0.1) is 10.9 Å². The summed E-state index contributed by atoms with van der Waals surface area (Å²) < 4.78 is 6.37. The maximum absolute atomic E-state index is 8.87. The summed E-state index contributed by atoms with van der Waals surface area (Å²) in [5.74, 6) is 0.818. The molecule has 0 bridgehead atoms. The lowest BCUT2D eigenvalue weighted by Gasteiger charge is -2.17. The molecule has 0 saturated heterocycles. The predicted molar refractivity (Wildman–Crippen MR) is 88.2 cm³/mol. The minimum Gasteiger partial charge on any atom is -0.491 e. The van der Waals surface area contributed by atoms with Crippen molar-refractivity contribution in [1.82, 2.24) is 5.32 Å². The van der Waals surface area contributed by atoms with Crippen molar-refractivity contribution in [2.75, 3.05) is 13.2 Å². The van der Waals surface area contributed by atoms with E-state index >= 15 is 0 Å². The fourth-order valence-electron chi connectivity index (χ4n) is 2.14. The van der Waals surface area contributed by atoms with Crippen LogP contribution in [0.15, 0.2) is 36.4 Å². The van der Waals surface area contributed by atoms with Crippen LogP contribution in [0.25, 0.3) is 0 Å². The fraction of sp³-hybridized carbons (Fsp3) is 0.375. The van der Waals surface area contributed by atoms with Crippen LogP contribution >= 0.6 is 22.9 Å². The summed E-state index contributed by atoms with van der Waals surface area (Å²) in [6, 6.07) is 12.2. The molecule has 1 heterocycles. The molecule has 0 spiro atoms. The zero-order chi connectivity index (χ0) is 15.1. The van der Waals surface area contributed by atoms with Gasteiger partial charge in [-0.3, -0.25) is 0 Å². The number of aliphatic hydroxyl groups excluding tert-OH is 1. The number of thiophene rings is 1. The van der Waals surface area contributed by atoms with Crippen LogP contribution in [0.1, 0.15) is 29.8 Å². The molecule has 1 aromatic heterocycles. The third kappa shape index (κ3) is 4.71. The van der Waals surface area contributed by atoms with Gasteiger partial charge in [0.15, 0.2) is 0 Å². The van der Waals surface area contributed by atoms with E-state index < -0.39 is 0 Å². The summed E-state index contributed by atoms with van der Waals surface area (Å²) >= 11 is 7.62. The first-order valence-corrected chi connectivity index (χ1v) is 8.24. The van der Waals surface area contributed by atoms with Crippen LogP contribution in [0.3, 0.4) is 0 Å². The van der Waals surface area contributed by atoms with Crippen molar-refractivity contribution >= 4 is 22.9 Å². The Balaban J connectivity index is 2.01. The predicted octanol–water partition coefficient (Wildman–Crippen LogP) is 4.01. The van der Waals surface area contributed by atoms with Gasteiger partial charge in [0, 0.05) is 23.0 Å². The van der Waals surface area contributed by atoms with Crippen molar-refractivity contribution in [3.63, 3.8) is 0 Å². The van der Waals surface area contributed by atoms with Crippen LogP contribution in [0.2, 0.25) is 4.34 Å². The number of rotatable bonds is 8. The van der Waals surface area contributed by atoms with Crippen LogP contribution in [0, 0.1) is 0 Å². The molecule has 0 aliphatic carbocycles. The Kier molecular flexibility index (Phi) is 6.51. The number of hydrogen-bond donors (Lipinski definition) is 2. The van der Waals surface area contributed by atoms with E-state index in [2.05, 4.69) is 18.3 Å². The molecule has 0 aliphatic heterocycles. The normalized spacial score (nSPS) is 12.3. The maximum atomic E-state index is 8.87. The summed E-state index contributed by atoms with van der Waals surface area (Å²) in [4.78, 5) is 1.25. The number of benzene rings is 1. The molecule has 0 radical (unpaired) electrons. The summed E-state index contributed by atoms with van der Waals surface area (Å²) in [7, 11) is 0. The molecular formula is C16H20ClNO2S. The minimum atomic E-state index is 0.0209. The lowest BCUT2D eigenvalue weighted by Crippen LogP contribution is -2.20. The molecule has 2 N–H and O–H groups in total. The van der Waals surface area contributed by atoms with Gasteiger partial charge in [0.25, 0.3) is 0 Å². The second kappa shape index (κ2) is 8.39. The molecule has 0 fully saturated rings. The second-order valence-electron chi connectivity index (χ2n) is 4.66. The van der Waals surface area contributed by atoms with Gasteiger partial charge in [-0.25, -0.2) is 0 Å². The topological polar surface area (TPSA) is 41.5 Å². The number of halogens is 1. The van der Waals surface area contributed by atoms with E-state index in [-0.39, 0.29) is 12.6 Å². The fourth-order valence-corrected chi connectivity index (χ4v) is 3.36. The zero-order valence-electron chi connectivity index (χ0n) is 12.0. The summed E-state index contributed by atoms with van der Waals surface area (Å²) in [6.45, 7) is 3.21. The molecule has 1 unspecified atom stereocenters. The quantitative estimate of drug-likeness (QED) is 0.770. The Morgan fingerprint density at radius 1 is 1.29 bits per heavy atom. The SMILES string of the molecule is CCC(NCc1ccccc1OCCO)c1ccc(Cl)s1. The molecule has 114 valence electrons. The van der Waals surface area contributed by atoms with Gasteiger partial charge in [-0.15, -0.1) is 11.3 Å².